The standard InChI is InChI=1S/C20H14F3N3O3S2/c1-31(29,17-8-3-2-4-9-17)25-15-7-5-6-14(12-15)10-11-16-13-24-18(30-16)19(27,26-28)20(21,22)23/h2-9,12-13,27H,1H2,(H,25,29). The summed E-state index contributed by atoms with van der Waals surface area (Å²) in [4.78, 5) is 14.6. The van der Waals surface area contributed by atoms with Crippen LogP contribution in [-0.2, 0) is 15.4 Å². The van der Waals surface area contributed by atoms with Crippen LogP contribution < -0.4 is 4.72 Å². The number of anilines is 1. The van der Waals surface area contributed by atoms with Crippen molar-refractivity contribution in [3.05, 3.63) is 81.1 Å². The van der Waals surface area contributed by atoms with Gasteiger partial charge in [-0.2, -0.15) is 13.2 Å². The van der Waals surface area contributed by atoms with Crippen LogP contribution in [0.1, 0.15) is 15.4 Å². The number of halogens is 3. The molecule has 0 fully saturated rings. The second-order valence-electron chi connectivity index (χ2n) is 6.21. The molecule has 0 radical (unpaired) electrons. The van der Waals surface area contributed by atoms with Gasteiger partial charge in [-0.15, -0.1) is 16.2 Å². The highest BCUT2D eigenvalue weighted by Crippen LogP contribution is 2.41. The van der Waals surface area contributed by atoms with Gasteiger partial charge in [0.25, 0.3) is 0 Å². The van der Waals surface area contributed by atoms with Crippen molar-refractivity contribution in [2.45, 2.75) is 16.8 Å². The zero-order valence-corrected chi connectivity index (χ0v) is 17.2. The number of benzene rings is 2. The highest BCUT2D eigenvalue weighted by atomic mass is 32.2. The van der Waals surface area contributed by atoms with Crippen molar-refractivity contribution in [1.29, 1.82) is 0 Å². The summed E-state index contributed by atoms with van der Waals surface area (Å²) in [5.41, 5.74) is -2.96. The fraction of sp³-hybridized carbons (Fsp3) is 0.100. The largest absolute Gasteiger partial charge is 0.449 e. The van der Waals surface area contributed by atoms with Gasteiger partial charge in [0, 0.05) is 16.1 Å². The molecule has 0 bridgehead atoms. The molecule has 3 aromatic rings. The van der Waals surface area contributed by atoms with Gasteiger partial charge in [0.05, 0.1) is 20.8 Å². The maximum Gasteiger partial charge on any atom is 0.449 e. The lowest BCUT2D eigenvalue weighted by Gasteiger charge is -2.19. The smallest absolute Gasteiger partial charge is 0.354 e. The molecule has 2 aromatic carbocycles. The molecule has 2 unspecified atom stereocenters. The number of nitrogens with zero attached hydrogens (tertiary/aromatic N) is 2. The molecule has 0 amide bonds. The van der Waals surface area contributed by atoms with Gasteiger partial charge in [0.15, 0.2) is 5.01 Å². The molecular weight excluding hydrogens is 451 g/mol. The molecule has 0 aliphatic carbocycles. The molecule has 31 heavy (non-hydrogen) atoms. The van der Waals surface area contributed by atoms with E-state index in [0.29, 0.717) is 27.5 Å². The Bertz CT molecular complexity index is 1260. The van der Waals surface area contributed by atoms with Crippen LogP contribution in [0.25, 0.3) is 0 Å². The normalized spacial score (nSPS) is 15.1. The lowest BCUT2D eigenvalue weighted by molar-refractivity contribution is -0.263. The monoisotopic (exact) mass is 465 g/mol. The van der Waals surface area contributed by atoms with Gasteiger partial charge >= 0.3 is 11.9 Å². The first-order chi connectivity index (χ1) is 14.5. The van der Waals surface area contributed by atoms with Gasteiger partial charge in [0.2, 0.25) is 0 Å². The Kier molecular flexibility index (Phi) is 6.17. The fourth-order valence-electron chi connectivity index (χ4n) is 2.39. The molecule has 1 heterocycles. The van der Waals surface area contributed by atoms with Crippen molar-refractivity contribution < 1.29 is 22.5 Å². The van der Waals surface area contributed by atoms with Crippen LogP contribution in [0.4, 0.5) is 18.9 Å². The van der Waals surface area contributed by atoms with Crippen molar-refractivity contribution in [2.75, 3.05) is 4.72 Å². The van der Waals surface area contributed by atoms with Crippen LogP contribution >= 0.6 is 11.3 Å². The van der Waals surface area contributed by atoms with E-state index in [0.717, 1.165) is 6.20 Å². The van der Waals surface area contributed by atoms with E-state index in [-0.39, 0.29) is 4.88 Å². The topological polar surface area (TPSA) is 91.7 Å². The number of nitrogens with one attached hydrogen (secondary N) is 1. The van der Waals surface area contributed by atoms with Gasteiger partial charge < -0.3 is 9.83 Å². The number of thiazole rings is 1. The third-order valence-corrected chi connectivity index (χ3v) is 6.54. The predicted octanol–water partition coefficient (Wildman–Crippen LogP) is 4.12. The van der Waals surface area contributed by atoms with E-state index in [1.54, 1.807) is 59.8 Å². The molecule has 6 nitrogen and oxygen atoms in total. The Morgan fingerprint density at radius 3 is 2.48 bits per heavy atom. The fourth-order valence-corrected chi connectivity index (χ4v) is 4.43. The summed E-state index contributed by atoms with van der Waals surface area (Å²) in [5.74, 6) is 9.10. The Morgan fingerprint density at radius 2 is 1.84 bits per heavy atom. The number of hydrogen-bond donors (Lipinski definition) is 2. The minimum absolute atomic E-state index is 0.0879. The van der Waals surface area contributed by atoms with Crippen LogP contribution in [0.15, 0.2) is 70.9 Å². The van der Waals surface area contributed by atoms with E-state index < -0.39 is 26.6 Å². The maximum absolute atomic E-state index is 12.9. The molecule has 0 aliphatic rings. The third kappa shape index (κ3) is 4.93. The SMILES string of the molecule is C=S(=O)(Nc1cccc(C#Cc2cnc(C(O)(N=O)C(F)(F)F)s2)c1)c1ccccc1. The summed E-state index contributed by atoms with van der Waals surface area (Å²) in [7, 11) is -2.81. The van der Waals surface area contributed by atoms with Crippen molar-refractivity contribution in [2.24, 2.45) is 5.18 Å². The second kappa shape index (κ2) is 8.50. The van der Waals surface area contributed by atoms with Gasteiger partial charge in [0.1, 0.15) is 0 Å². The van der Waals surface area contributed by atoms with Gasteiger partial charge in [-0.25, -0.2) is 9.19 Å². The summed E-state index contributed by atoms with van der Waals surface area (Å²) in [6, 6.07) is 15.2. The van der Waals surface area contributed by atoms with Gasteiger partial charge in [-0.05, 0) is 47.3 Å². The molecule has 3 rings (SSSR count). The predicted molar refractivity (Wildman–Crippen MR) is 114 cm³/mol. The number of hydrogen-bond acceptors (Lipinski definition) is 6. The van der Waals surface area contributed by atoms with E-state index >= 15 is 0 Å². The highest BCUT2D eigenvalue weighted by molar-refractivity contribution is 8.01. The molecule has 0 spiro atoms. The Morgan fingerprint density at radius 1 is 1.13 bits per heavy atom. The van der Waals surface area contributed by atoms with E-state index in [2.05, 4.69) is 27.4 Å². The lowest BCUT2D eigenvalue weighted by Crippen LogP contribution is -2.40. The van der Waals surface area contributed by atoms with Crippen molar-refractivity contribution in [3.63, 3.8) is 0 Å². The van der Waals surface area contributed by atoms with E-state index in [4.69, 9.17) is 0 Å². The summed E-state index contributed by atoms with van der Waals surface area (Å²) in [6.45, 7) is 0. The second-order valence-corrected chi connectivity index (χ2v) is 9.27. The van der Waals surface area contributed by atoms with Gasteiger partial charge in [-0.1, -0.05) is 30.2 Å². The molecule has 160 valence electrons. The summed E-state index contributed by atoms with van der Waals surface area (Å²) < 4.78 is 54.4. The molecular formula is C20H14F3N3O3S2. The van der Waals surface area contributed by atoms with E-state index in [9.17, 15) is 27.4 Å². The van der Waals surface area contributed by atoms with Crippen molar-refractivity contribution in [3.8, 4) is 11.8 Å². The summed E-state index contributed by atoms with van der Waals surface area (Å²) in [6.07, 6.45) is -4.30. The molecule has 2 atom stereocenters. The minimum atomic E-state index is -5.31. The van der Waals surface area contributed by atoms with Crippen LogP contribution in [-0.4, -0.2) is 26.3 Å². The summed E-state index contributed by atoms with van der Waals surface area (Å²) >= 11 is 0.402. The molecule has 2 N–H and O–H groups in total. The molecule has 1 aromatic heterocycles. The first-order valence-corrected chi connectivity index (χ1v) is 11.0. The highest BCUT2D eigenvalue weighted by Gasteiger charge is 2.60. The van der Waals surface area contributed by atoms with Crippen LogP contribution in [0.2, 0.25) is 0 Å². The average Bonchev–Trinajstić information content (AvgIpc) is 3.21. The Balaban J connectivity index is 1.82. The number of alkyl halides is 3. The first kappa shape index (κ1) is 22.5. The summed E-state index contributed by atoms with van der Waals surface area (Å²) in [5, 5.41) is 10.4. The Hall–Kier alpha value is -3.20. The zero-order chi connectivity index (χ0) is 22.7. The van der Waals surface area contributed by atoms with Crippen LogP contribution in [0, 0.1) is 16.7 Å². The number of nitroso groups, excluding NO2 is 1. The first-order valence-electron chi connectivity index (χ1n) is 8.47. The minimum Gasteiger partial charge on any atom is -0.354 e. The van der Waals surface area contributed by atoms with E-state index in [1.165, 1.54) is 0 Å². The molecule has 0 saturated carbocycles. The number of aromatic nitrogens is 1. The molecule has 0 saturated heterocycles. The van der Waals surface area contributed by atoms with Crippen LogP contribution in [0.5, 0.6) is 0 Å². The zero-order valence-electron chi connectivity index (χ0n) is 15.6. The average molecular weight is 465 g/mol. The van der Waals surface area contributed by atoms with E-state index in [1.807, 2.05) is 0 Å². The number of aliphatic hydroxyl groups is 1. The Labute approximate surface area is 179 Å². The molecule has 11 heteroatoms. The van der Waals surface area contributed by atoms with Crippen molar-refractivity contribution >= 4 is 32.6 Å². The van der Waals surface area contributed by atoms with Crippen molar-refractivity contribution in [1.82, 2.24) is 4.98 Å². The third-order valence-electron chi connectivity index (χ3n) is 3.93. The number of rotatable bonds is 5. The van der Waals surface area contributed by atoms with Gasteiger partial charge in [-0.3, -0.25) is 0 Å². The molecule has 0 aliphatic heterocycles. The lowest BCUT2D eigenvalue weighted by atomic mass is 10.2. The quantitative estimate of drug-likeness (QED) is 0.337. The maximum atomic E-state index is 12.9. The van der Waals surface area contributed by atoms with Crippen LogP contribution in [0.3, 0.4) is 0 Å².